The van der Waals surface area contributed by atoms with Gasteiger partial charge in [0.25, 0.3) is 0 Å². The van der Waals surface area contributed by atoms with Gasteiger partial charge in [0, 0.05) is 19.6 Å². The van der Waals surface area contributed by atoms with Crippen molar-refractivity contribution in [1.29, 1.82) is 0 Å². The molecule has 0 aromatic heterocycles. The van der Waals surface area contributed by atoms with Gasteiger partial charge in [0.15, 0.2) is 0 Å². The van der Waals surface area contributed by atoms with Crippen molar-refractivity contribution < 1.29 is 14.7 Å². The molecule has 17 heavy (non-hydrogen) atoms. The van der Waals surface area contributed by atoms with Crippen LogP contribution in [0.1, 0.15) is 19.8 Å². The van der Waals surface area contributed by atoms with E-state index in [1.807, 2.05) is 7.05 Å². The number of rotatable bonds is 4. The van der Waals surface area contributed by atoms with Crippen LogP contribution in [0.2, 0.25) is 0 Å². The Balaban J connectivity index is 2.38. The van der Waals surface area contributed by atoms with E-state index in [1.165, 1.54) is 6.92 Å². The summed E-state index contributed by atoms with van der Waals surface area (Å²) < 4.78 is 0. The van der Waals surface area contributed by atoms with Gasteiger partial charge >= 0.3 is 12.0 Å². The highest BCUT2D eigenvalue weighted by molar-refractivity contribution is 5.82. The van der Waals surface area contributed by atoms with Gasteiger partial charge in [-0.3, -0.25) is 4.79 Å². The monoisotopic (exact) mass is 243 g/mol. The zero-order valence-electron chi connectivity index (χ0n) is 10.6. The molecule has 1 unspecified atom stereocenters. The first-order chi connectivity index (χ1) is 7.91. The first-order valence-corrected chi connectivity index (χ1v) is 5.86. The van der Waals surface area contributed by atoms with Gasteiger partial charge < -0.3 is 20.2 Å². The minimum atomic E-state index is -1.02. The number of hydrogen-bond donors (Lipinski definition) is 2. The van der Waals surface area contributed by atoms with Crippen molar-refractivity contribution in [2.75, 3.05) is 27.2 Å². The highest BCUT2D eigenvalue weighted by Gasteiger charge is 2.24. The largest absolute Gasteiger partial charge is 0.480 e. The third-order valence-corrected chi connectivity index (χ3v) is 3.21. The van der Waals surface area contributed by atoms with Crippen LogP contribution >= 0.6 is 0 Å². The average molecular weight is 243 g/mol. The minimum Gasteiger partial charge on any atom is -0.480 e. The molecule has 1 fully saturated rings. The van der Waals surface area contributed by atoms with E-state index in [4.69, 9.17) is 5.11 Å². The van der Waals surface area contributed by atoms with Crippen LogP contribution in [0, 0.1) is 0 Å². The maximum Gasteiger partial charge on any atom is 0.325 e. The topological polar surface area (TPSA) is 72.9 Å². The summed E-state index contributed by atoms with van der Waals surface area (Å²) in [5, 5.41) is 11.1. The number of amides is 2. The zero-order valence-corrected chi connectivity index (χ0v) is 10.6. The van der Waals surface area contributed by atoms with Crippen molar-refractivity contribution in [1.82, 2.24) is 15.1 Å². The second kappa shape index (κ2) is 5.86. The summed E-state index contributed by atoms with van der Waals surface area (Å²) in [6, 6.07) is -0.808. The van der Waals surface area contributed by atoms with E-state index in [1.54, 1.807) is 11.9 Å². The van der Waals surface area contributed by atoms with Gasteiger partial charge in [-0.2, -0.15) is 0 Å². The average Bonchev–Trinajstić information content (AvgIpc) is 2.64. The van der Waals surface area contributed by atoms with Crippen LogP contribution < -0.4 is 5.32 Å². The van der Waals surface area contributed by atoms with Crippen LogP contribution in [0.5, 0.6) is 0 Å². The van der Waals surface area contributed by atoms with E-state index in [9.17, 15) is 9.59 Å². The molecule has 1 aliphatic rings. The molecule has 1 heterocycles. The fourth-order valence-corrected chi connectivity index (χ4v) is 1.97. The summed E-state index contributed by atoms with van der Waals surface area (Å²) >= 11 is 0. The Morgan fingerprint density at radius 1 is 1.59 bits per heavy atom. The van der Waals surface area contributed by atoms with Crippen LogP contribution in [0.4, 0.5) is 4.79 Å². The molecule has 0 aromatic rings. The molecule has 2 amide bonds. The van der Waals surface area contributed by atoms with Crippen LogP contribution in [-0.2, 0) is 4.79 Å². The Kier molecular flexibility index (Phi) is 4.74. The number of nitrogens with one attached hydrogen (secondary N) is 1. The molecule has 2 atom stereocenters. The van der Waals surface area contributed by atoms with Crippen molar-refractivity contribution in [2.24, 2.45) is 0 Å². The summed E-state index contributed by atoms with van der Waals surface area (Å²) in [5.74, 6) is -1.02. The fourth-order valence-electron chi connectivity index (χ4n) is 1.97. The molecule has 0 radical (unpaired) electrons. The molecular formula is C11H21N3O3. The van der Waals surface area contributed by atoms with Crippen molar-refractivity contribution in [2.45, 2.75) is 31.8 Å². The molecule has 0 spiro atoms. The molecule has 1 aliphatic heterocycles. The SMILES string of the molecule is C[C@H](NC(=O)N(C)CC1CCCN1C)C(=O)O. The second-order valence-corrected chi connectivity index (χ2v) is 4.67. The molecule has 1 saturated heterocycles. The number of nitrogens with zero attached hydrogens (tertiary/aromatic N) is 2. The summed E-state index contributed by atoms with van der Waals surface area (Å²) in [7, 11) is 3.74. The van der Waals surface area contributed by atoms with Crippen LogP contribution in [0.25, 0.3) is 0 Å². The Hall–Kier alpha value is -1.30. The highest BCUT2D eigenvalue weighted by Crippen LogP contribution is 2.15. The third-order valence-electron chi connectivity index (χ3n) is 3.21. The van der Waals surface area contributed by atoms with Gasteiger partial charge in [0.2, 0.25) is 0 Å². The molecular weight excluding hydrogens is 222 g/mol. The number of carbonyl (C=O) groups excluding carboxylic acids is 1. The van der Waals surface area contributed by atoms with E-state index in [-0.39, 0.29) is 6.03 Å². The molecule has 2 N–H and O–H groups in total. The van der Waals surface area contributed by atoms with Crippen LogP contribution in [-0.4, -0.2) is 66.2 Å². The van der Waals surface area contributed by atoms with Gasteiger partial charge in [-0.25, -0.2) is 4.79 Å². The maximum atomic E-state index is 11.7. The highest BCUT2D eigenvalue weighted by atomic mass is 16.4. The number of aliphatic carboxylic acids is 1. The number of likely N-dealkylation sites (tertiary alicyclic amines) is 1. The lowest BCUT2D eigenvalue weighted by Gasteiger charge is -2.26. The van der Waals surface area contributed by atoms with Crippen molar-refractivity contribution >= 4 is 12.0 Å². The zero-order chi connectivity index (χ0) is 13.0. The second-order valence-electron chi connectivity index (χ2n) is 4.67. The standard InChI is InChI=1S/C11H21N3O3/c1-8(10(15)16)12-11(17)14(3)7-9-5-4-6-13(9)2/h8-9H,4-7H2,1-3H3,(H,12,17)(H,15,16)/t8-,9?/m0/s1. The van der Waals surface area contributed by atoms with Crippen LogP contribution in [0.15, 0.2) is 0 Å². The number of likely N-dealkylation sites (N-methyl/N-ethyl adjacent to an activating group) is 2. The molecule has 6 nitrogen and oxygen atoms in total. The summed E-state index contributed by atoms with van der Waals surface area (Å²) in [6.45, 7) is 3.15. The Morgan fingerprint density at radius 3 is 2.71 bits per heavy atom. The summed E-state index contributed by atoms with van der Waals surface area (Å²) in [6.07, 6.45) is 2.24. The van der Waals surface area contributed by atoms with E-state index < -0.39 is 12.0 Å². The van der Waals surface area contributed by atoms with Crippen molar-refractivity contribution in [3.63, 3.8) is 0 Å². The maximum absolute atomic E-state index is 11.7. The van der Waals surface area contributed by atoms with Crippen molar-refractivity contribution in [3.8, 4) is 0 Å². The first kappa shape index (κ1) is 13.8. The molecule has 98 valence electrons. The Bertz CT molecular complexity index is 296. The molecule has 0 saturated carbocycles. The van der Waals surface area contributed by atoms with E-state index in [0.717, 1.165) is 19.4 Å². The Morgan fingerprint density at radius 2 is 2.24 bits per heavy atom. The van der Waals surface area contributed by atoms with Crippen molar-refractivity contribution in [3.05, 3.63) is 0 Å². The minimum absolute atomic E-state index is 0.333. The predicted octanol–water partition coefficient (Wildman–Crippen LogP) is 0.195. The number of carboxylic acid groups (broad SMARTS) is 1. The fraction of sp³-hybridized carbons (Fsp3) is 0.818. The van der Waals surface area contributed by atoms with E-state index in [0.29, 0.717) is 12.6 Å². The third kappa shape index (κ3) is 3.89. The first-order valence-electron chi connectivity index (χ1n) is 5.86. The summed E-state index contributed by atoms with van der Waals surface area (Å²) in [5.41, 5.74) is 0. The molecule has 0 aliphatic carbocycles. The van der Waals surface area contributed by atoms with Gasteiger partial charge in [-0.15, -0.1) is 0 Å². The number of carbonyl (C=O) groups is 2. The van der Waals surface area contributed by atoms with Crippen LogP contribution in [0.3, 0.4) is 0 Å². The lowest BCUT2D eigenvalue weighted by molar-refractivity contribution is -0.138. The van der Waals surface area contributed by atoms with E-state index >= 15 is 0 Å². The van der Waals surface area contributed by atoms with E-state index in [2.05, 4.69) is 10.2 Å². The Labute approximate surface area is 102 Å². The lowest BCUT2D eigenvalue weighted by Crippen LogP contribution is -2.48. The predicted molar refractivity (Wildman–Crippen MR) is 63.9 cm³/mol. The number of urea groups is 1. The van der Waals surface area contributed by atoms with Gasteiger partial charge in [-0.05, 0) is 33.4 Å². The molecule has 0 bridgehead atoms. The van der Waals surface area contributed by atoms with Gasteiger partial charge in [-0.1, -0.05) is 0 Å². The molecule has 6 heteroatoms. The molecule has 1 rings (SSSR count). The quantitative estimate of drug-likeness (QED) is 0.739. The van der Waals surface area contributed by atoms with Gasteiger partial charge in [0.05, 0.1) is 0 Å². The summed E-state index contributed by atoms with van der Waals surface area (Å²) in [4.78, 5) is 26.1. The lowest BCUT2D eigenvalue weighted by atomic mass is 10.2. The van der Waals surface area contributed by atoms with Gasteiger partial charge in [0.1, 0.15) is 6.04 Å². The smallest absolute Gasteiger partial charge is 0.325 e. The molecule has 0 aromatic carbocycles. The number of hydrogen-bond acceptors (Lipinski definition) is 3. The number of carboxylic acids is 1. The normalized spacial score (nSPS) is 22.2.